The summed E-state index contributed by atoms with van der Waals surface area (Å²) >= 11 is 0. The number of ether oxygens (including phenoxy) is 1. The Morgan fingerprint density at radius 3 is 2.21 bits per heavy atom. The third-order valence-corrected chi connectivity index (χ3v) is 5.14. The lowest BCUT2D eigenvalue weighted by Gasteiger charge is -2.15. The second-order valence-electron chi connectivity index (χ2n) is 7.56. The molecule has 0 N–H and O–H groups in total. The molecule has 5 nitrogen and oxygen atoms in total. The number of carbonyl (C=O) groups is 3. The third kappa shape index (κ3) is 7.45. The number of unbranched alkanes of at least 4 members (excludes halogenated alkanes) is 8. The van der Waals surface area contributed by atoms with E-state index in [0.717, 1.165) is 24.8 Å². The predicted octanol–water partition coefficient (Wildman–Crippen LogP) is 4.78. The van der Waals surface area contributed by atoms with Gasteiger partial charge in [0.25, 0.3) is 5.91 Å². The van der Waals surface area contributed by atoms with Gasteiger partial charge in [0.2, 0.25) is 5.91 Å². The molecule has 1 aromatic rings. The number of benzene rings is 1. The number of imide groups is 1. The molecule has 0 spiro atoms. The topological polar surface area (TPSA) is 63.7 Å². The molecule has 2 amide bonds. The van der Waals surface area contributed by atoms with Crippen molar-refractivity contribution in [1.82, 2.24) is 4.90 Å². The van der Waals surface area contributed by atoms with Gasteiger partial charge in [0.15, 0.2) is 6.10 Å². The number of hydrogen-bond donors (Lipinski definition) is 0. The van der Waals surface area contributed by atoms with E-state index in [9.17, 15) is 14.4 Å². The van der Waals surface area contributed by atoms with Crippen LogP contribution in [0.15, 0.2) is 30.3 Å². The van der Waals surface area contributed by atoms with Gasteiger partial charge in [0.1, 0.15) is 0 Å². The highest BCUT2D eigenvalue weighted by atomic mass is 16.5. The van der Waals surface area contributed by atoms with Crippen molar-refractivity contribution in [3.05, 3.63) is 35.9 Å². The number of hydrogen-bond acceptors (Lipinski definition) is 4. The van der Waals surface area contributed by atoms with E-state index in [-0.39, 0.29) is 24.8 Å². The molecule has 0 bridgehead atoms. The van der Waals surface area contributed by atoms with Gasteiger partial charge >= 0.3 is 5.97 Å². The molecule has 154 valence electrons. The number of carbonyl (C=O) groups excluding carboxylic acids is 3. The first-order valence-corrected chi connectivity index (χ1v) is 10.7. The Balaban J connectivity index is 1.62. The van der Waals surface area contributed by atoms with E-state index in [1.165, 1.54) is 43.4 Å². The summed E-state index contributed by atoms with van der Waals surface area (Å²) in [6, 6.07) is 9.34. The molecule has 1 saturated heterocycles. The van der Waals surface area contributed by atoms with Crippen LogP contribution in [0.2, 0.25) is 0 Å². The van der Waals surface area contributed by atoms with E-state index in [1.54, 1.807) is 0 Å². The van der Waals surface area contributed by atoms with Crippen molar-refractivity contribution in [3.63, 3.8) is 0 Å². The number of rotatable bonds is 13. The quantitative estimate of drug-likeness (QED) is 0.278. The lowest BCUT2D eigenvalue weighted by Crippen LogP contribution is -2.33. The maximum absolute atomic E-state index is 12.4. The zero-order valence-corrected chi connectivity index (χ0v) is 17.0. The molecule has 1 aliphatic rings. The number of amides is 2. The molecule has 5 heteroatoms. The summed E-state index contributed by atoms with van der Waals surface area (Å²) in [6.45, 7) is 2.44. The summed E-state index contributed by atoms with van der Waals surface area (Å²) < 4.78 is 5.28. The lowest BCUT2D eigenvalue weighted by atomic mass is 10.1. The Morgan fingerprint density at radius 1 is 0.964 bits per heavy atom. The molecular formula is C23H33NO4. The molecule has 1 unspecified atom stereocenters. The maximum atomic E-state index is 12.4. The van der Waals surface area contributed by atoms with Crippen molar-refractivity contribution in [2.45, 2.75) is 90.2 Å². The normalized spacial score (nSPS) is 16.6. The van der Waals surface area contributed by atoms with Crippen LogP contribution in [0.1, 0.15) is 83.1 Å². The monoisotopic (exact) mass is 387 g/mol. The van der Waals surface area contributed by atoms with E-state index < -0.39 is 12.0 Å². The molecule has 0 radical (unpaired) electrons. The first-order chi connectivity index (χ1) is 13.6. The van der Waals surface area contributed by atoms with E-state index >= 15 is 0 Å². The van der Waals surface area contributed by atoms with Crippen LogP contribution in [0.5, 0.6) is 0 Å². The maximum Gasteiger partial charge on any atom is 0.306 e. The second kappa shape index (κ2) is 12.3. The van der Waals surface area contributed by atoms with Crippen molar-refractivity contribution in [2.75, 3.05) is 0 Å². The fourth-order valence-corrected chi connectivity index (χ4v) is 3.47. The fraction of sp³-hybridized carbons (Fsp3) is 0.609. The average Bonchev–Trinajstić information content (AvgIpc) is 2.95. The largest absolute Gasteiger partial charge is 0.452 e. The predicted molar refractivity (Wildman–Crippen MR) is 108 cm³/mol. The zero-order chi connectivity index (χ0) is 20.2. The van der Waals surface area contributed by atoms with Crippen molar-refractivity contribution in [2.24, 2.45) is 0 Å². The van der Waals surface area contributed by atoms with Gasteiger partial charge in [-0.3, -0.25) is 19.3 Å². The molecule has 0 saturated carbocycles. The molecule has 1 aromatic carbocycles. The van der Waals surface area contributed by atoms with Gasteiger partial charge in [-0.05, 0) is 12.0 Å². The summed E-state index contributed by atoms with van der Waals surface area (Å²) in [5, 5.41) is 0. The summed E-state index contributed by atoms with van der Waals surface area (Å²) in [5.41, 5.74) is 0.880. The lowest BCUT2D eigenvalue weighted by molar-refractivity contribution is -0.156. The van der Waals surface area contributed by atoms with Crippen molar-refractivity contribution < 1.29 is 19.1 Å². The Bertz CT molecular complexity index is 629. The zero-order valence-electron chi connectivity index (χ0n) is 17.0. The van der Waals surface area contributed by atoms with Crippen LogP contribution >= 0.6 is 0 Å². The van der Waals surface area contributed by atoms with Crippen molar-refractivity contribution in [3.8, 4) is 0 Å². The van der Waals surface area contributed by atoms with Crippen LogP contribution < -0.4 is 0 Å². The van der Waals surface area contributed by atoms with E-state index in [4.69, 9.17) is 4.74 Å². The van der Waals surface area contributed by atoms with Crippen LogP contribution in [-0.2, 0) is 25.7 Å². The fourth-order valence-electron chi connectivity index (χ4n) is 3.47. The van der Waals surface area contributed by atoms with Crippen molar-refractivity contribution >= 4 is 17.8 Å². The highest BCUT2D eigenvalue weighted by Crippen LogP contribution is 2.20. The van der Waals surface area contributed by atoms with Gasteiger partial charge < -0.3 is 4.74 Å². The highest BCUT2D eigenvalue weighted by molar-refractivity contribution is 6.05. The van der Waals surface area contributed by atoms with Gasteiger partial charge in [0.05, 0.1) is 13.0 Å². The van der Waals surface area contributed by atoms with E-state index in [1.807, 2.05) is 30.3 Å². The number of nitrogens with zero attached hydrogens (tertiary/aromatic N) is 1. The first-order valence-electron chi connectivity index (χ1n) is 10.7. The Kier molecular flexibility index (Phi) is 9.73. The van der Waals surface area contributed by atoms with Crippen LogP contribution in [0, 0.1) is 0 Å². The molecule has 2 rings (SSSR count). The van der Waals surface area contributed by atoms with Crippen molar-refractivity contribution in [1.29, 1.82) is 0 Å². The summed E-state index contributed by atoms with van der Waals surface area (Å²) in [4.78, 5) is 37.7. The molecule has 1 atom stereocenters. The minimum atomic E-state index is -0.956. The standard InChI is InChI=1S/C23H33NO4/c1-2-3-4-5-6-7-8-9-13-16-22(26)28-20-17-21(25)24(23(20)27)18-19-14-11-10-12-15-19/h10-12,14-15,20H,2-9,13,16-18H2,1H3. The Morgan fingerprint density at radius 2 is 1.57 bits per heavy atom. The minimum Gasteiger partial charge on any atom is -0.452 e. The molecule has 1 heterocycles. The molecule has 0 aromatic heterocycles. The van der Waals surface area contributed by atoms with Crippen LogP contribution in [0.3, 0.4) is 0 Å². The van der Waals surface area contributed by atoms with Crippen LogP contribution in [0.25, 0.3) is 0 Å². The van der Waals surface area contributed by atoms with Gasteiger partial charge in [-0.2, -0.15) is 0 Å². The Hall–Kier alpha value is -2.17. The molecule has 28 heavy (non-hydrogen) atoms. The molecule has 0 aliphatic carbocycles. The number of likely N-dealkylation sites (tertiary alicyclic amines) is 1. The summed E-state index contributed by atoms with van der Waals surface area (Å²) in [6.07, 6.45) is 9.89. The summed E-state index contributed by atoms with van der Waals surface area (Å²) in [7, 11) is 0. The second-order valence-corrected chi connectivity index (χ2v) is 7.56. The Labute approximate surface area is 168 Å². The van der Waals surface area contributed by atoms with Gasteiger partial charge in [-0.25, -0.2) is 0 Å². The van der Waals surface area contributed by atoms with Crippen LogP contribution in [-0.4, -0.2) is 28.8 Å². The smallest absolute Gasteiger partial charge is 0.306 e. The highest BCUT2D eigenvalue weighted by Gasteiger charge is 2.40. The van der Waals surface area contributed by atoms with E-state index in [0.29, 0.717) is 6.42 Å². The molecule has 1 fully saturated rings. The minimum absolute atomic E-state index is 0.0465. The third-order valence-electron chi connectivity index (χ3n) is 5.14. The first kappa shape index (κ1) is 22.1. The molecule has 1 aliphatic heterocycles. The SMILES string of the molecule is CCCCCCCCCCCC(=O)OC1CC(=O)N(Cc2ccccc2)C1=O. The van der Waals surface area contributed by atoms with E-state index in [2.05, 4.69) is 6.92 Å². The average molecular weight is 388 g/mol. The van der Waals surface area contributed by atoms with Gasteiger partial charge in [-0.15, -0.1) is 0 Å². The van der Waals surface area contributed by atoms with Crippen LogP contribution in [0.4, 0.5) is 0 Å². The summed E-state index contributed by atoms with van der Waals surface area (Å²) in [5.74, 6) is -1.07. The van der Waals surface area contributed by atoms with Gasteiger partial charge in [-0.1, -0.05) is 88.6 Å². The van der Waals surface area contributed by atoms with Gasteiger partial charge in [0, 0.05) is 6.42 Å². The molecular weight excluding hydrogens is 354 g/mol. The number of esters is 1.